The third-order valence-corrected chi connectivity index (χ3v) is 4.79. The van der Waals surface area contributed by atoms with E-state index in [1.54, 1.807) is 20.3 Å². The van der Waals surface area contributed by atoms with Crippen molar-refractivity contribution in [2.75, 3.05) is 26.1 Å². The average Bonchev–Trinajstić information content (AvgIpc) is 3.21. The fraction of sp³-hybridized carbons (Fsp3) is 0.182. The molecule has 29 heavy (non-hydrogen) atoms. The Morgan fingerprint density at radius 3 is 2.66 bits per heavy atom. The number of hydrogen-bond donors (Lipinski definition) is 1. The van der Waals surface area contributed by atoms with Crippen molar-refractivity contribution in [2.45, 2.75) is 6.92 Å². The Balaban J connectivity index is 1.68. The highest BCUT2D eigenvalue weighted by atomic mass is 32.1. The van der Waals surface area contributed by atoms with Crippen LogP contribution < -0.4 is 19.5 Å². The van der Waals surface area contributed by atoms with Gasteiger partial charge in [-0.2, -0.15) is 0 Å². The van der Waals surface area contributed by atoms with E-state index in [-0.39, 0.29) is 5.91 Å². The first-order valence-electron chi connectivity index (χ1n) is 9.03. The lowest BCUT2D eigenvalue weighted by Gasteiger charge is -2.09. The van der Waals surface area contributed by atoms with E-state index in [0.717, 1.165) is 22.6 Å². The molecule has 1 aromatic heterocycles. The molecular formula is C22H22N2O4S. The van der Waals surface area contributed by atoms with Gasteiger partial charge in [0.1, 0.15) is 5.75 Å². The summed E-state index contributed by atoms with van der Waals surface area (Å²) in [6, 6.07) is 13.1. The third-order valence-electron chi connectivity index (χ3n) is 4.03. The molecule has 0 saturated heterocycles. The molecule has 2 aromatic carbocycles. The van der Waals surface area contributed by atoms with Gasteiger partial charge in [0.2, 0.25) is 5.91 Å². The number of thiazole rings is 1. The number of nitrogens with one attached hydrogen (secondary N) is 1. The van der Waals surface area contributed by atoms with Crippen LogP contribution in [0.1, 0.15) is 12.5 Å². The number of benzene rings is 2. The Hall–Kier alpha value is -3.32. The Bertz CT molecular complexity index is 1010. The molecule has 3 aromatic rings. The Kier molecular flexibility index (Phi) is 6.86. The van der Waals surface area contributed by atoms with E-state index in [1.807, 2.05) is 54.8 Å². The van der Waals surface area contributed by atoms with Crippen LogP contribution in [0.25, 0.3) is 17.3 Å². The van der Waals surface area contributed by atoms with E-state index in [2.05, 4.69) is 10.3 Å². The number of rotatable bonds is 8. The normalized spacial score (nSPS) is 10.7. The molecule has 0 saturated carbocycles. The van der Waals surface area contributed by atoms with Gasteiger partial charge < -0.3 is 14.2 Å². The predicted molar refractivity (Wildman–Crippen MR) is 116 cm³/mol. The second-order valence-electron chi connectivity index (χ2n) is 5.90. The zero-order valence-electron chi connectivity index (χ0n) is 16.5. The van der Waals surface area contributed by atoms with Gasteiger partial charge in [0.15, 0.2) is 16.6 Å². The van der Waals surface area contributed by atoms with E-state index < -0.39 is 0 Å². The summed E-state index contributed by atoms with van der Waals surface area (Å²) in [4.78, 5) is 16.7. The molecule has 0 atom stereocenters. The monoisotopic (exact) mass is 410 g/mol. The standard InChI is InChI=1S/C22H22N2O4S/c1-4-28-19-11-9-15(13-20(19)27-3)10-12-21(25)24-22-23-17(14-29-22)16-7-5-6-8-18(16)26-2/h5-14H,4H2,1-3H3,(H,23,24,25)/b12-10+. The number of ether oxygens (including phenoxy) is 3. The van der Waals surface area contributed by atoms with Gasteiger partial charge in [0.05, 0.1) is 26.5 Å². The van der Waals surface area contributed by atoms with Crippen molar-refractivity contribution in [1.29, 1.82) is 0 Å². The molecular weight excluding hydrogens is 388 g/mol. The summed E-state index contributed by atoms with van der Waals surface area (Å²) in [6.07, 6.45) is 3.17. The summed E-state index contributed by atoms with van der Waals surface area (Å²) < 4.78 is 16.2. The minimum Gasteiger partial charge on any atom is -0.496 e. The van der Waals surface area contributed by atoms with Crippen LogP contribution in [0, 0.1) is 0 Å². The second kappa shape index (κ2) is 9.75. The summed E-state index contributed by atoms with van der Waals surface area (Å²) >= 11 is 1.36. The summed E-state index contributed by atoms with van der Waals surface area (Å²) in [5, 5.41) is 5.19. The first-order chi connectivity index (χ1) is 14.1. The first-order valence-corrected chi connectivity index (χ1v) is 9.91. The van der Waals surface area contributed by atoms with Crippen LogP contribution in [0.15, 0.2) is 53.9 Å². The van der Waals surface area contributed by atoms with Gasteiger partial charge in [-0.3, -0.25) is 10.1 Å². The van der Waals surface area contributed by atoms with Crippen LogP contribution in [0.2, 0.25) is 0 Å². The molecule has 1 N–H and O–H groups in total. The quantitative estimate of drug-likeness (QED) is 0.536. The third kappa shape index (κ3) is 5.14. The Morgan fingerprint density at radius 2 is 1.90 bits per heavy atom. The van der Waals surface area contributed by atoms with E-state index in [4.69, 9.17) is 14.2 Å². The largest absolute Gasteiger partial charge is 0.496 e. The fourth-order valence-corrected chi connectivity index (χ4v) is 3.41. The van der Waals surface area contributed by atoms with Crippen molar-refractivity contribution in [2.24, 2.45) is 0 Å². The van der Waals surface area contributed by atoms with Gasteiger partial charge >= 0.3 is 0 Å². The SMILES string of the molecule is CCOc1ccc(/C=C/C(=O)Nc2nc(-c3ccccc3OC)cs2)cc1OC. The molecule has 150 valence electrons. The molecule has 0 fully saturated rings. The lowest BCUT2D eigenvalue weighted by Crippen LogP contribution is -2.07. The maximum absolute atomic E-state index is 12.3. The number of aromatic nitrogens is 1. The minimum absolute atomic E-state index is 0.265. The van der Waals surface area contributed by atoms with Crippen molar-refractivity contribution in [3.8, 4) is 28.5 Å². The highest BCUT2D eigenvalue weighted by Crippen LogP contribution is 2.32. The maximum atomic E-state index is 12.3. The number of para-hydroxylation sites is 1. The number of nitrogens with zero attached hydrogens (tertiary/aromatic N) is 1. The summed E-state index contributed by atoms with van der Waals surface area (Å²) in [6.45, 7) is 2.47. The average molecular weight is 410 g/mol. The fourth-order valence-electron chi connectivity index (χ4n) is 2.69. The molecule has 7 heteroatoms. The lowest BCUT2D eigenvalue weighted by molar-refractivity contribution is -0.111. The van der Waals surface area contributed by atoms with Crippen molar-refractivity contribution < 1.29 is 19.0 Å². The van der Waals surface area contributed by atoms with Gasteiger partial charge in [-0.15, -0.1) is 11.3 Å². The molecule has 0 aliphatic rings. The number of carbonyl (C=O) groups is 1. The number of amides is 1. The maximum Gasteiger partial charge on any atom is 0.250 e. The zero-order chi connectivity index (χ0) is 20.6. The summed E-state index contributed by atoms with van der Waals surface area (Å²) in [5.41, 5.74) is 2.46. The summed E-state index contributed by atoms with van der Waals surface area (Å²) in [7, 11) is 3.20. The van der Waals surface area contributed by atoms with Crippen LogP contribution in [0.5, 0.6) is 17.2 Å². The molecule has 6 nitrogen and oxygen atoms in total. The molecule has 0 spiro atoms. The van der Waals surface area contributed by atoms with E-state index in [9.17, 15) is 4.79 Å². The molecule has 0 aliphatic heterocycles. The van der Waals surface area contributed by atoms with Crippen LogP contribution in [0.4, 0.5) is 5.13 Å². The molecule has 1 heterocycles. The van der Waals surface area contributed by atoms with Crippen molar-refractivity contribution in [3.05, 3.63) is 59.5 Å². The Morgan fingerprint density at radius 1 is 1.10 bits per heavy atom. The minimum atomic E-state index is -0.265. The van der Waals surface area contributed by atoms with E-state index in [1.165, 1.54) is 17.4 Å². The molecule has 0 bridgehead atoms. The van der Waals surface area contributed by atoms with Crippen molar-refractivity contribution in [3.63, 3.8) is 0 Å². The van der Waals surface area contributed by atoms with Crippen LogP contribution >= 0.6 is 11.3 Å². The van der Waals surface area contributed by atoms with E-state index in [0.29, 0.717) is 23.2 Å². The number of methoxy groups -OCH3 is 2. The van der Waals surface area contributed by atoms with Gasteiger partial charge in [-0.25, -0.2) is 4.98 Å². The summed E-state index contributed by atoms with van der Waals surface area (Å²) in [5.74, 6) is 1.76. The van der Waals surface area contributed by atoms with E-state index >= 15 is 0 Å². The molecule has 0 unspecified atom stereocenters. The van der Waals surface area contributed by atoms with Gasteiger partial charge in [-0.05, 0) is 42.8 Å². The molecule has 1 amide bonds. The van der Waals surface area contributed by atoms with Gasteiger partial charge in [0, 0.05) is 17.0 Å². The second-order valence-corrected chi connectivity index (χ2v) is 6.76. The highest BCUT2D eigenvalue weighted by molar-refractivity contribution is 7.14. The molecule has 0 aliphatic carbocycles. The van der Waals surface area contributed by atoms with Gasteiger partial charge in [0.25, 0.3) is 0 Å². The molecule has 0 radical (unpaired) electrons. The van der Waals surface area contributed by atoms with Crippen LogP contribution in [-0.4, -0.2) is 31.7 Å². The zero-order valence-corrected chi connectivity index (χ0v) is 17.3. The number of hydrogen-bond acceptors (Lipinski definition) is 6. The highest BCUT2D eigenvalue weighted by Gasteiger charge is 2.10. The molecule has 3 rings (SSSR count). The predicted octanol–water partition coefficient (Wildman–Crippen LogP) is 4.88. The number of carbonyl (C=O) groups excluding carboxylic acids is 1. The van der Waals surface area contributed by atoms with Crippen LogP contribution in [-0.2, 0) is 4.79 Å². The smallest absolute Gasteiger partial charge is 0.250 e. The Labute approximate surface area is 173 Å². The van der Waals surface area contributed by atoms with Gasteiger partial charge in [-0.1, -0.05) is 18.2 Å². The van der Waals surface area contributed by atoms with Crippen LogP contribution in [0.3, 0.4) is 0 Å². The van der Waals surface area contributed by atoms with Crippen molar-refractivity contribution in [1.82, 2.24) is 4.98 Å². The topological polar surface area (TPSA) is 69.7 Å². The first kappa shape index (κ1) is 20.4. The van der Waals surface area contributed by atoms with Crippen molar-refractivity contribution >= 4 is 28.5 Å². The lowest BCUT2D eigenvalue weighted by atomic mass is 10.1. The number of anilines is 1.